The van der Waals surface area contributed by atoms with E-state index in [9.17, 15) is 9.59 Å². The first-order chi connectivity index (χ1) is 15.2. The molecule has 0 bridgehead atoms. The molecule has 2 aliphatic rings. The van der Waals surface area contributed by atoms with Crippen molar-refractivity contribution in [1.29, 1.82) is 0 Å². The van der Waals surface area contributed by atoms with Crippen LogP contribution in [0.4, 0.5) is 0 Å². The number of carbonyl (C=O) groups is 2. The number of piperidine rings is 1. The molecule has 2 aliphatic heterocycles. The number of likely N-dealkylation sites (tertiary alicyclic amines) is 2. The van der Waals surface area contributed by atoms with Gasteiger partial charge in [-0.25, -0.2) is 4.98 Å². The van der Waals surface area contributed by atoms with Crippen LogP contribution in [0.15, 0.2) is 29.9 Å². The molecule has 1 unspecified atom stereocenters. The van der Waals surface area contributed by atoms with E-state index in [2.05, 4.69) is 4.98 Å². The summed E-state index contributed by atoms with van der Waals surface area (Å²) in [6.45, 7) is 4.12. The number of imidazole rings is 1. The quantitative estimate of drug-likeness (QED) is 0.553. The number of thiophene rings is 1. The summed E-state index contributed by atoms with van der Waals surface area (Å²) in [4.78, 5) is 34.9. The second kappa shape index (κ2) is 10.4. The van der Waals surface area contributed by atoms with E-state index in [1.54, 1.807) is 24.6 Å². The lowest BCUT2D eigenvalue weighted by molar-refractivity contribution is -0.136. The summed E-state index contributed by atoms with van der Waals surface area (Å²) in [6, 6.07) is 4.02. The molecule has 0 aromatic carbocycles. The van der Waals surface area contributed by atoms with Crippen molar-refractivity contribution in [1.82, 2.24) is 19.4 Å². The van der Waals surface area contributed by atoms with Gasteiger partial charge in [0.15, 0.2) is 0 Å². The minimum Gasteiger partial charge on any atom is -0.382 e. The van der Waals surface area contributed by atoms with Crippen LogP contribution in [-0.4, -0.2) is 71.1 Å². The predicted molar refractivity (Wildman–Crippen MR) is 116 cm³/mol. The van der Waals surface area contributed by atoms with Gasteiger partial charge in [-0.2, -0.15) is 0 Å². The number of aromatic nitrogens is 2. The van der Waals surface area contributed by atoms with Gasteiger partial charge in [0.05, 0.1) is 25.7 Å². The summed E-state index contributed by atoms with van der Waals surface area (Å²) in [5.41, 5.74) is 0. The van der Waals surface area contributed by atoms with Crippen LogP contribution in [0.3, 0.4) is 0 Å². The molecule has 0 saturated carbocycles. The second-order valence-corrected chi connectivity index (χ2v) is 9.17. The van der Waals surface area contributed by atoms with Crippen molar-refractivity contribution < 1.29 is 19.1 Å². The van der Waals surface area contributed by atoms with Gasteiger partial charge in [0.1, 0.15) is 12.6 Å². The zero-order valence-electron chi connectivity index (χ0n) is 17.9. The van der Waals surface area contributed by atoms with E-state index in [4.69, 9.17) is 9.47 Å². The Morgan fingerprint density at radius 1 is 1.29 bits per heavy atom. The second-order valence-electron chi connectivity index (χ2n) is 8.14. The lowest BCUT2D eigenvalue weighted by Gasteiger charge is -2.33. The van der Waals surface area contributed by atoms with Gasteiger partial charge in [0, 0.05) is 56.4 Å². The third-order valence-corrected chi connectivity index (χ3v) is 6.93. The van der Waals surface area contributed by atoms with Gasteiger partial charge in [-0.05, 0) is 24.3 Å². The van der Waals surface area contributed by atoms with Crippen LogP contribution in [0.2, 0.25) is 0 Å². The van der Waals surface area contributed by atoms with Crippen LogP contribution in [0.25, 0.3) is 0 Å². The maximum atomic E-state index is 13.1. The molecule has 0 radical (unpaired) electrons. The molecule has 0 N–H and O–H groups in total. The lowest BCUT2D eigenvalue weighted by atomic mass is 9.94. The van der Waals surface area contributed by atoms with Gasteiger partial charge < -0.3 is 23.8 Å². The van der Waals surface area contributed by atoms with E-state index in [0.29, 0.717) is 58.5 Å². The number of ether oxygens (including phenoxy) is 2. The Balaban J connectivity index is 1.27. The molecule has 0 aliphatic carbocycles. The molecule has 9 heteroatoms. The van der Waals surface area contributed by atoms with Crippen molar-refractivity contribution in [3.8, 4) is 0 Å². The molecular weight excluding hydrogens is 416 g/mol. The lowest BCUT2D eigenvalue weighted by Crippen LogP contribution is -2.42. The Morgan fingerprint density at radius 3 is 2.87 bits per heavy atom. The molecule has 8 nitrogen and oxygen atoms in total. The van der Waals surface area contributed by atoms with Crippen molar-refractivity contribution >= 4 is 23.2 Å². The minimum atomic E-state index is -0.222. The number of hydrogen-bond donors (Lipinski definition) is 0. The fourth-order valence-corrected chi connectivity index (χ4v) is 5.11. The smallest absolute Gasteiger partial charge is 0.227 e. The van der Waals surface area contributed by atoms with Crippen LogP contribution in [0.1, 0.15) is 35.9 Å². The molecule has 2 saturated heterocycles. The normalized spacial score (nSPS) is 20.0. The summed E-state index contributed by atoms with van der Waals surface area (Å²) < 4.78 is 12.7. The predicted octanol–water partition coefficient (Wildman–Crippen LogP) is 2.32. The molecule has 1 atom stereocenters. The molecule has 31 heavy (non-hydrogen) atoms. The molecule has 2 aromatic rings. The first kappa shape index (κ1) is 22.0. The van der Waals surface area contributed by atoms with E-state index in [0.717, 1.165) is 23.5 Å². The van der Waals surface area contributed by atoms with Gasteiger partial charge in [-0.3, -0.25) is 9.59 Å². The van der Waals surface area contributed by atoms with E-state index in [-0.39, 0.29) is 17.7 Å². The van der Waals surface area contributed by atoms with E-state index >= 15 is 0 Å². The Hall–Kier alpha value is -2.23. The molecule has 2 amide bonds. The first-order valence-corrected chi connectivity index (χ1v) is 11.7. The summed E-state index contributed by atoms with van der Waals surface area (Å²) in [6.07, 6.45) is 5.82. The van der Waals surface area contributed by atoms with Gasteiger partial charge in [0.2, 0.25) is 11.8 Å². The maximum absolute atomic E-state index is 13.1. The third-order valence-electron chi connectivity index (χ3n) is 6.07. The number of amides is 2. The van der Waals surface area contributed by atoms with Crippen molar-refractivity contribution in [2.45, 2.75) is 38.5 Å². The Kier molecular flexibility index (Phi) is 7.37. The monoisotopic (exact) mass is 446 g/mol. The molecule has 0 spiro atoms. The largest absolute Gasteiger partial charge is 0.382 e. The average Bonchev–Trinajstić information content (AvgIpc) is 3.54. The zero-order chi connectivity index (χ0) is 21.6. The van der Waals surface area contributed by atoms with Gasteiger partial charge in [-0.1, -0.05) is 6.07 Å². The van der Waals surface area contributed by atoms with Crippen LogP contribution >= 0.6 is 11.3 Å². The zero-order valence-corrected chi connectivity index (χ0v) is 18.8. The van der Waals surface area contributed by atoms with Crippen LogP contribution in [0.5, 0.6) is 0 Å². The van der Waals surface area contributed by atoms with E-state index < -0.39 is 0 Å². The SMILES string of the molecule is COCCOCn1ccnc1C1CCN(C(=O)C2CC(=O)N(Cc3cccs3)C2)CC1. The van der Waals surface area contributed by atoms with Crippen molar-refractivity contribution in [2.75, 3.05) is 40.0 Å². The molecule has 2 fully saturated rings. The standard InChI is InChI=1S/C22H30N4O4S/c1-29-10-11-30-16-25-9-6-23-21(25)17-4-7-24(8-5-17)22(28)18-13-20(27)26(14-18)15-19-3-2-12-31-19/h2-3,6,9,12,17-18H,4-5,7-8,10-11,13-16H2,1H3. The van der Waals surface area contributed by atoms with Crippen molar-refractivity contribution in [3.63, 3.8) is 0 Å². The highest BCUT2D eigenvalue weighted by molar-refractivity contribution is 7.09. The fourth-order valence-electron chi connectivity index (χ4n) is 4.39. The van der Waals surface area contributed by atoms with Crippen molar-refractivity contribution in [3.05, 3.63) is 40.6 Å². The Bertz CT molecular complexity index is 861. The summed E-state index contributed by atoms with van der Waals surface area (Å²) >= 11 is 1.64. The molecule has 2 aromatic heterocycles. The molecule has 4 rings (SSSR count). The highest BCUT2D eigenvalue weighted by Gasteiger charge is 2.38. The van der Waals surface area contributed by atoms with Gasteiger partial charge in [-0.15, -0.1) is 11.3 Å². The van der Waals surface area contributed by atoms with E-state index in [1.165, 1.54) is 0 Å². The Labute approximate surface area is 186 Å². The van der Waals surface area contributed by atoms with Crippen LogP contribution in [0, 0.1) is 5.92 Å². The topological polar surface area (TPSA) is 76.9 Å². The Morgan fingerprint density at radius 2 is 2.13 bits per heavy atom. The molecule has 4 heterocycles. The number of hydrogen-bond acceptors (Lipinski definition) is 6. The number of carbonyl (C=O) groups excluding carboxylic acids is 2. The van der Waals surface area contributed by atoms with Crippen LogP contribution in [-0.2, 0) is 32.3 Å². The highest BCUT2D eigenvalue weighted by atomic mass is 32.1. The fraction of sp³-hybridized carbons (Fsp3) is 0.591. The molecular formula is C22H30N4O4S. The maximum Gasteiger partial charge on any atom is 0.227 e. The number of rotatable bonds is 9. The average molecular weight is 447 g/mol. The number of methoxy groups -OCH3 is 1. The van der Waals surface area contributed by atoms with Gasteiger partial charge in [0.25, 0.3) is 0 Å². The number of nitrogens with zero attached hydrogens (tertiary/aromatic N) is 4. The third kappa shape index (κ3) is 5.34. The highest BCUT2D eigenvalue weighted by Crippen LogP contribution is 2.30. The van der Waals surface area contributed by atoms with Crippen LogP contribution < -0.4 is 0 Å². The molecule has 168 valence electrons. The van der Waals surface area contributed by atoms with Crippen molar-refractivity contribution in [2.24, 2.45) is 5.92 Å². The first-order valence-electron chi connectivity index (χ1n) is 10.8. The summed E-state index contributed by atoms with van der Waals surface area (Å²) in [5, 5.41) is 2.01. The summed E-state index contributed by atoms with van der Waals surface area (Å²) in [7, 11) is 1.66. The summed E-state index contributed by atoms with van der Waals surface area (Å²) in [5.74, 6) is 1.30. The minimum absolute atomic E-state index is 0.0807. The van der Waals surface area contributed by atoms with E-state index in [1.807, 2.05) is 38.1 Å². The van der Waals surface area contributed by atoms with Gasteiger partial charge >= 0.3 is 0 Å².